The summed E-state index contributed by atoms with van der Waals surface area (Å²) in [5.74, 6) is -0.562. The molecule has 0 aliphatic carbocycles. The molecule has 25 heavy (non-hydrogen) atoms. The van der Waals surface area contributed by atoms with E-state index in [9.17, 15) is 9.59 Å². The van der Waals surface area contributed by atoms with Gasteiger partial charge in [-0.25, -0.2) is 4.68 Å². The molecule has 0 unspecified atom stereocenters. The van der Waals surface area contributed by atoms with E-state index in [2.05, 4.69) is 38.3 Å². The van der Waals surface area contributed by atoms with Gasteiger partial charge in [0.15, 0.2) is 0 Å². The lowest BCUT2D eigenvalue weighted by molar-refractivity contribution is -0.115. The second-order valence-electron chi connectivity index (χ2n) is 5.24. The lowest BCUT2D eigenvalue weighted by atomic mass is 10.2. The summed E-state index contributed by atoms with van der Waals surface area (Å²) in [5.41, 5.74) is 2.09. The molecule has 126 valence electrons. The molecule has 3 rings (SSSR count). The van der Waals surface area contributed by atoms with Crippen molar-refractivity contribution in [2.24, 2.45) is 0 Å². The number of carbonyl (C=O) groups is 2. The van der Waals surface area contributed by atoms with E-state index in [1.54, 1.807) is 41.2 Å². The van der Waals surface area contributed by atoms with Gasteiger partial charge >= 0.3 is 0 Å². The molecule has 3 aromatic rings. The minimum absolute atomic E-state index is 0.0920. The van der Waals surface area contributed by atoms with Crippen molar-refractivity contribution >= 4 is 40.1 Å². The zero-order chi connectivity index (χ0) is 17.6. The van der Waals surface area contributed by atoms with Gasteiger partial charge in [0.25, 0.3) is 5.91 Å². The van der Waals surface area contributed by atoms with Crippen LogP contribution >= 0.6 is 22.6 Å². The molecule has 0 saturated heterocycles. The molecule has 0 aliphatic heterocycles. The van der Waals surface area contributed by atoms with E-state index in [1.807, 2.05) is 30.5 Å². The highest BCUT2D eigenvalue weighted by atomic mass is 127. The molecular weight excluding hydrogens is 431 g/mol. The number of hydrogen-bond acceptors (Lipinski definition) is 3. The second-order valence-corrected chi connectivity index (χ2v) is 6.48. The number of aromatic nitrogens is 2. The maximum atomic E-state index is 12.0. The summed E-state index contributed by atoms with van der Waals surface area (Å²) in [6, 6.07) is 16.3. The summed E-state index contributed by atoms with van der Waals surface area (Å²) in [4.78, 5) is 24.0. The van der Waals surface area contributed by atoms with Gasteiger partial charge in [-0.3, -0.25) is 9.59 Å². The fourth-order valence-electron chi connectivity index (χ4n) is 2.22. The van der Waals surface area contributed by atoms with Gasteiger partial charge in [-0.1, -0.05) is 6.07 Å². The standard InChI is InChI=1S/C18H15IN4O2/c19-14-4-1-3-13(11-14)18(25)20-12-17(24)22-15-5-7-16(8-6-15)23-10-2-9-21-23/h1-11H,12H2,(H,20,25)(H,22,24). The Balaban J connectivity index is 1.53. The number of rotatable bonds is 5. The monoisotopic (exact) mass is 446 g/mol. The van der Waals surface area contributed by atoms with Gasteiger partial charge in [0.05, 0.1) is 12.2 Å². The molecule has 0 aliphatic rings. The van der Waals surface area contributed by atoms with Crippen molar-refractivity contribution in [3.05, 3.63) is 76.1 Å². The van der Waals surface area contributed by atoms with Crippen molar-refractivity contribution in [1.82, 2.24) is 15.1 Å². The maximum Gasteiger partial charge on any atom is 0.251 e. The molecule has 6 nitrogen and oxygen atoms in total. The number of amides is 2. The second kappa shape index (κ2) is 7.93. The largest absolute Gasteiger partial charge is 0.343 e. The molecular formula is C18H15IN4O2. The highest BCUT2D eigenvalue weighted by Crippen LogP contribution is 2.12. The zero-order valence-electron chi connectivity index (χ0n) is 13.1. The van der Waals surface area contributed by atoms with Crippen LogP contribution in [0.25, 0.3) is 5.69 Å². The van der Waals surface area contributed by atoms with Gasteiger partial charge in [-0.15, -0.1) is 0 Å². The first-order valence-corrected chi connectivity index (χ1v) is 8.63. The Morgan fingerprint density at radius 2 is 1.88 bits per heavy atom. The number of hydrogen-bond donors (Lipinski definition) is 2. The van der Waals surface area contributed by atoms with E-state index in [1.165, 1.54) is 0 Å². The van der Waals surface area contributed by atoms with E-state index in [-0.39, 0.29) is 18.4 Å². The van der Waals surface area contributed by atoms with E-state index in [0.717, 1.165) is 9.26 Å². The SMILES string of the molecule is O=C(CNC(=O)c1cccc(I)c1)Nc1ccc(-n2cccn2)cc1. The number of carbonyl (C=O) groups excluding carboxylic acids is 2. The predicted octanol–water partition coefficient (Wildman–Crippen LogP) is 2.85. The third-order valence-corrected chi connectivity index (χ3v) is 4.09. The van der Waals surface area contributed by atoms with E-state index >= 15 is 0 Å². The number of nitrogens with one attached hydrogen (secondary N) is 2. The number of benzene rings is 2. The minimum Gasteiger partial charge on any atom is -0.343 e. The summed E-state index contributed by atoms with van der Waals surface area (Å²) >= 11 is 2.14. The van der Waals surface area contributed by atoms with Gasteiger partial charge in [-0.05, 0) is 71.1 Å². The van der Waals surface area contributed by atoms with Crippen molar-refractivity contribution in [2.45, 2.75) is 0 Å². The van der Waals surface area contributed by atoms with Crippen LogP contribution in [-0.4, -0.2) is 28.1 Å². The predicted molar refractivity (Wildman–Crippen MR) is 104 cm³/mol. The Morgan fingerprint density at radius 3 is 2.56 bits per heavy atom. The van der Waals surface area contributed by atoms with Crippen LogP contribution in [-0.2, 0) is 4.79 Å². The van der Waals surface area contributed by atoms with Crippen LogP contribution in [0.4, 0.5) is 5.69 Å². The molecule has 1 aromatic heterocycles. The molecule has 0 bridgehead atoms. The average molecular weight is 446 g/mol. The zero-order valence-corrected chi connectivity index (χ0v) is 15.3. The van der Waals surface area contributed by atoms with E-state index in [0.29, 0.717) is 11.3 Å². The topological polar surface area (TPSA) is 76.0 Å². The van der Waals surface area contributed by atoms with Gasteiger partial charge < -0.3 is 10.6 Å². The van der Waals surface area contributed by atoms with Crippen LogP contribution in [0.15, 0.2) is 67.0 Å². The van der Waals surface area contributed by atoms with Gasteiger partial charge in [0, 0.05) is 27.2 Å². The molecule has 0 fully saturated rings. The summed E-state index contributed by atoms with van der Waals surface area (Å²) in [5, 5.41) is 9.50. The highest BCUT2D eigenvalue weighted by molar-refractivity contribution is 14.1. The van der Waals surface area contributed by atoms with Crippen LogP contribution < -0.4 is 10.6 Å². The average Bonchev–Trinajstić information content (AvgIpc) is 3.15. The molecule has 2 N–H and O–H groups in total. The molecule has 0 radical (unpaired) electrons. The van der Waals surface area contributed by atoms with Gasteiger partial charge in [0.1, 0.15) is 0 Å². The smallest absolute Gasteiger partial charge is 0.251 e. The number of nitrogens with zero attached hydrogens (tertiary/aromatic N) is 2. The molecule has 1 heterocycles. The molecule has 2 amide bonds. The van der Waals surface area contributed by atoms with Gasteiger partial charge in [0.2, 0.25) is 5.91 Å². The van der Waals surface area contributed by atoms with Crippen LogP contribution in [0, 0.1) is 3.57 Å². The van der Waals surface area contributed by atoms with Gasteiger partial charge in [-0.2, -0.15) is 5.10 Å². The number of halogens is 1. The Morgan fingerprint density at radius 1 is 1.08 bits per heavy atom. The van der Waals surface area contributed by atoms with Crippen molar-refractivity contribution in [3.63, 3.8) is 0 Å². The Labute approximate surface area is 158 Å². The van der Waals surface area contributed by atoms with E-state index in [4.69, 9.17) is 0 Å². The fourth-order valence-corrected chi connectivity index (χ4v) is 2.76. The Kier molecular flexibility index (Phi) is 5.44. The third kappa shape index (κ3) is 4.66. The fraction of sp³-hybridized carbons (Fsp3) is 0.0556. The molecule has 0 saturated carbocycles. The van der Waals surface area contributed by atoms with Crippen LogP contribution in [0.1, 0.15) is 10.4 Å². The Hall–Kier alpha value is -2.68. The molecule has 7 heteroatoms. The quantitative estimate of drug-likeness (QED) is 0.592. The lowest BCUT2D eigenvalue weighted by Gasteiger charge is -2.08. The molecule has 0 atom stereocenters. The first-order chi connectivity index (χ1) is 12.1. The normalized spacial score (nSPS) is 10.3. The minimum atomic E-state index is -0.286. The van der Waals surface area contributed by atoms with Crippen LogP contribution in [0.3, 0.4) is 0 Å². The molecule has 0 spiro atoms. The Bertz CT molecular complexity index is 876. The highest BCUT2D eigenvalue weighted by Gasteiger charge is 2.08. The van der Waals surface area contributed by atoms with Crippen LogP contribution in [0.5, 0.6) is 0 Å². The van der Waals surface area contributed by atoms with Crippen molar-refractivity contribution < 1.29 is 9.59 Å². The summed E-state index contributed by atoms with van der Waals surface area (Å²) in [6.45, 7) is -0.0920. The maximum absolute atomic E-state index is 12.0. The van der Waals surface area contributed by atoms with E-state index < -0.39 is 0 Å². The van der Waals surface area contributed by atoms with Crippen molar-refractivity contribution in [1.29, 1.82) is 0 Å². The van der Waals surface area contributed by atoms with Crippen molar-refractivity contribution in [3.8, 4) is 5.69 Å². The number of anilines is 1. The summed E-state index contributed by atoms with van der Waals surface area (Å²) in [7, 11) is 0. The molecule has 2 aromatic carbocycles. The third-order valence-electron chi connectivity index (χ3n) is 3.42. The summed E-state index contributed by atoms with van der Waals surface area (Å²) < 4.78 is 2.69. The summed E-state index contributed by atoms with van der Waals surface area (Å²) in [6.07, 6.45) is 3.54. The first kappa shape index (κ1) is 17.2. The van der Waals surface area contributed by atoms with Crippen molar-refractivity contribution in [2.75, 3.05) is 11.9 Å². The lowest BCUT2D eigenvalue weighted by Crippen LogP contribution is -2.32. The van der Waals surface area contributed by atoms with Crippen LogP contribution in [0.2, 0.25) is 0 Å². The first-order valence-electron chi connectivity index (χ1n) is 7.55.